The van der Waals surface area contributed by atoms with Gasteiger partial charge >= 0.3 is 0 Å². The van der Waals surface area contributed by atoms with Gasteiger partial charge in [0.25, 0.3) is 5.91 Å². The quantitative estimate of drug-likeness (QED) is 0.863. The van der Waals surface area contributed by atoms with Gasteiger partial charge in [0.05, 0.1) is 6.61 Å². The van der Waals surface area contributed by atoms with Gasteiger partial charge in [-0.2, -0.15) is 0 Å². The van der Waals surface area contributed by atoms with Crippen molar-refractivity contribution in [1.29, 1.82) is 0 Å². The lowest BCUT2D eigenvalue weighted by molar-refractivity contribution is 0.0776. The third-order valence-corrected chi connectivity index (χ3v) is 3.11. The van der Waals surface area contributed by atoms with Gasteiger partial charge in [-0.1, -0.05) is 0 Å². The number of rotatable bonds is 4. The highest BCUT2D eigenvalue weighted by atomic mass is 16.5. The van der Waals surface area contributed by atoms with Crippen LogP contribution in [0.1, 0.15) is 23.7 Å². The number of amides is 1. The molecular weight excluding hydrogens is 232 g/mol. The number of aliphatic hydroxyl groups excluding tert-OH is 1. The van der Waals surface area contributed by atoms with E-state index < -0.39 is 0 Å². The molecule has 0 aromatic carbocycles. The Balaban J connectivity index is 2.14. The number of aromatic nitrogens is 1. The predicted molar refractivity (Wildman–Crippen MR) is 66.5 cm³/mol. The predicted octanol–water partition coefficient (Wildman–Crippen LogP) is 0.935. The van der Waals surface area contributed by atoms with Crippen LogP contribution in [0, 0.1) is 5.92 Å². The average molecular weight is 250 g/mol. The van der Waals surface area contributed by atoms with E-state index in [-0.39, 0.29) is 18.4 Å². The van der Waals surface area contributed by atoms with E-state index in [1.807, 2.05) is 6.92 Å². The summed E-state index contributed by atoms with van der Waals surface area (Å²) in [5, 5.41) is 9.10. The number of nitrogens with zero attached hydrogens (tertiary/aromatic N) is 2. The summed E-state index contributed by atoms with van der Waals surface area (Å²) in [5.74, 6) is 0.515. The summed E-state index contributed by atoms with van der Waals surface area (Å²) in [6, 6.07) is 3.46. The second-order valence-electron chi connectivity index (χ2n) is 4.38. The molecule has 1 aromatic rings. The molecule has 98 valence electrons. The molecule has 2 heterocycles. The van der Waals surface area contributed by atoms with Crippen molar-refractivity contribution >= 4 is 5.91 Å². The van der Waals surface area contributed by atoms with Crippen LogP contribution in [0.2, 0.25) is 0 Å². The second-order valence-corrected chi connectivity index (χ2v) is 4.38. The number of pyridine rings is 1. The number of hydrogen-bond acceptors (Lipinski definition) is 4. The molecule has 0 bridgehead atoms. The maximum Gasteiger partial charge on any atom is 0.259 e. The smallest absolute Gasteiger partial charge is 0.259 e. The Morgan fingerprint density at radius 3 is 3.17 bits per heavy atom. The van der Waals surface area contributed by atoms with Gasteiger partial charge in [-0.15, -0.1) is 0 Å². The molecule has 1 aliphatic heterocycles. The van der Waals surface area contributed by atoms with Crippen LogP contribution in [0.4, 0.5) is 0 Å². The second kappa shape index (κ2) is 5.82. The highest BCUT2D eigenvalue weighted by Gasteiger charge is 2.28. The molecule has 0 aliphatic carbocycles. The number of carbonyl (C=O) groups is 1. The Labute approximate surface area is 106 Å². The van der Waals surface area contributed by atoms with E-state index in [9.17, 15) is 4.79 Å². The average Bonchev–Trinajstić information content (AvgIpc) is 2.88. The highest BCUT2D eigenvalue weighted by Crippen LogP contribution is 2.22. The van der Waals surface area contributed by atoms with E-state index in [1.165, 1.54) is 0 Å². The first-order valence-electron chi connectivity index (χ1n) is 6.24. The minimum absolute atomic E-state index is 0.0671. The zero-order valence-electron chi connectivity index (χ0n) is 10.5. The molecule has 1 saturated heterocycles. The summed E-state index contributed by atoms with van der Waals surface area (Å²) in [6.07, 6.45) is 2.47. The van der Waals surface area contributed by atoms with Gasteiger partial charge in [0.15, 0.2) is 0 Å². The Morgan fingerprint density at radius 1 is 1.67 bits per heavy atom. The van der Waals surface area contributed by atoms with Crippen LogP contribution in [-0.2, 0) is 0 Å². The monoisotopic (exact) mass is 250 g/mol. The molecular formula is C13H18N2O3. The van der Waals surface area contributed by atoms with Crippen LogP contribution in [0.25, 0.3) is 0 Å². The molecule has 2 rings (SSSR count). The van der Waals surface area contributed by atoms with Crippen molar-refractivity contribution in [3.8, 4) is 5.88 Å². The Morgan fingerprint density at radius 2 is 2.50 bits per heavy atom. The molecule has 18 heavy (non-hydrogen) atoms. The van der Waals surface area contributed by atoms with E-state index in [0.29, 0.717) is 31.1 Å². The molecule has 0 spiro atoms. The first-order chi connectivity index (χ1) is 8.76. The molecule has 1 aromatic heterocycles. The lowest BCUT2D eigenvalue weighted by Gasteiger charge is -2.17. The molecule has 5 nitrogen and oxygen atoms in total. The van der Waals surface area contributed by atoms with Crippen LogP contribution < -0.4 is 4.74 Å². The maximum absolute atomic E-state index is 12.3. The van der Waals surface area contributed by atoms with E-state index in [0.717, 1.165) is 6.42 Å². The Kier molecular flexibility index (Phi) is 4.15. The van der Waals surface area contributed by atoms with Crippen LogP contribution in [-0.4, -0.2) is 47.2 Å². The molecule has 1 amide bonds. The van der Waals surface area contributed by atoms with Gasteiger partial charge < -0.3 is 14.7 Å². The van der Waals surface area contributed by atoms with Crippen molar-refractivity contribution in [2.75, 3.05) is 26.3 Å². The van der Waals surface area contributed by atoms with Crippen molar-refractivity contribution in [2.24, 2.45) is 5.92 Å². The first kappa shape index (κ1) is 12.8. The summed E-state index contributed by atoms with van der Waals surface area (Å²) in [4.78, 5) is 18.2. The van der Waals surface area contributed by atoms with Crippen LogP contribution in [0.15, 0.2) is 18.3 Å². The number of carbonyl (C=O) groups excluding carboxylic acids is 1. The Hall–Kier alpha value is -1.62. The number of likely N-dealkylation sites (tertiary alicyclic amines) is 1. The van der Waals surface area contributed by atoms with Gasteiger partial charge in [0.2, 0.25) is 5.88 Å². The minimum Gasteiger partial charge on any atom is -0.477 e. The normalized spacial score (nSPS) is 19.0. The third kappa shape index (κ3) is 2.61. The molecule has 1 fully saturated rings. The third-order valence-electron chi connectivity index (χ3n) is 3.11. The summed E-state index contributed by atoms with van der Waals surface area (Å²) in [6.45, 7) is 3.77. The largest absolute Gasteiger partial charge is 0.477 e. The molecule has 0 radical (unpaired) electrons. The SMILES string of the molecule is CCOc1ncccc1C(=O)N1CCC(CO)C1. The molecule has 0 saturated carbocycles. The van der Waals surface area contributed by atoms with Crippen molar-refractivity contribution in [2.45, 2.75) is 13.3 Å². The van der Waals surface area contributed by atoms with E-state index >= 15 is 0 Å². The summed E-state index contributed by atoms with van der Waals surface area (Å²) in [5.41, 5.74) is 0.498. The van der Waals surface area contributed by atoms with Gasteiger partial charge in [-0.25, -0.2) is 4.98 Å². The van der Waals surface area contributed by atoms with Crippen LogP contribution in [0.5, 0.6) is 5.88 Å². The molecule has 1 unspecified atom stereocenters. The zero-order valence-corrected chi connectivity index (χ0v) is 10.5. The van der Waals surface area contributed by atoms with Gasteiger partial charge in [0, 0.05) is 31.8 Å². The first-order valence-corrected chi connectivity index (χ1v) is 6.24. The fraction of sp³-hybridized carbons (Fsp3) is 0.538. The van der Waals surface area contributed by atoms with E-state index in [2.05, 4.69) is 4.98 Å². The lowest BCUT2D eigenvalue weighted by atomic mass is 10.1. The standard InChI is InChI=1S/C13H18N2O3/c1-2-18-12-11(4-3-6-14-12)13(17)15-7-5-10(8-15)9-16/h3-4,6,10,16H,2,5,7-9H2,1H3. The molecule has 1 aliphatic rings. The van der Waals surface area contributed by atoms with Crippen molar-refractivity contribution in [1.82, 2.24) is 9.88 Å². The lowest BCUT2D eigenvalue weighted by Crippen LogP contribution is -2.29. The maximum atomic E-state index is 12.3. The van der Waals surface area contributed by atoms with Crippen molar-refractivity contribution in [3.05, 3.63) is 23.9 Å². The van der Waals surface area contributed by atoms with Gasteiger partial charge in [-0.05, 0) is 25.5 Å². The summed E-state index contributed by atoms with van der Waals surface area (Å²) in [7, 11) is 0. The van der Waals surface area contributed by atoms with Crippen molar-refractivity contribution < 1.29 is 14.6 Å². The fourth-order valence-electron chi connectivity index (χ4n) is 2.14. The number of ether oxygens (including phenoxy) is 1. The molecule has 1 atom stereocenters. The van der Waals surface area contributed by atoms with Crippen molar-refractivity contribution in [3.63, 3.8) is 0 Å². The minimum atomic E-state index is -0.0671. The van der Waals surface area contributed by atoms with E-state index in [4.69, 9.17) is 9.84 Å². The molecule has 1 N–H and O–H groups in total. The van der Waals surface area contributed by atoms with Crippen LogP contribution in [0.3, 0.4) is 0 Å². The zero-order chi connectivity index (χ0) is 13.0. The summed E-state index contributed by atoms with van der Waals surface area (Å²) >= 11 is 0. The Bertz CT molecular complexity index is 422. The fourth-order valence-corrected chi connectivity index (χ4v) is 2.14. The number of aliphatic hydroxyl groups is 1. The van der Waals surface area contributed by atoms with Gasteiger partial charge in [-0.3, -0.25) is 4.79 Å². The van der Waals surface area contributed by atoms with Gasteiger partial charge in [0.1, 0.15) is 5.56 Å². The molecule has 5 heteroatoms. The number of hydrogen-bond donors (Lipinski definition) is 1. The topological polar surface area (TPSA) is 62.7 Å². The van der Waals surface area contributed by atoms with Crippen LogP contribution >= 0.6 is 0 Å². The highest BCUT2D eigenvalue weighted by molar-refractivity contribution is 5.96. The summed E-state index contributed by atoms with van der Waals surface area (Å²) < 4.78 is 5.36. The van der Waals surface area contributed by atoms with E-state index in [1.54, 1.807) is 23.2 Å².